The minimum absolute atomic E-state index is 0. The van der Waals surface area contributed by atoms with Crippen LogP contribution in [0.3, 0.4) is 0 Å². The molecular formula is C12H14ClF2N3. The van der Waals surface area contributed by atoms with Crippen LogP contribution in [0, 0.1) is 18.6 Å². The molecule has 1 aromatic heterocycles. The maximum atomic E-state index is 13.0. The van der Waals surface area contributed by atoms with Crippen LogP contribution in [0.5, 0.6) is 0 Å². The Labute approximate surface area is 110 Å². The van der Waals surface area contributed by atoms with E-state index in [1.807, 2.05) is 20.0 Å². The maximum absolute atomic E-state index is 13.0. The van der Waals surface area contributed by atoms with Gasteiger partial charge in [0.2, 0.25) is 0 Å². The molecule has 0 aliphatic rings. The number of aromatic nitrogens is 2. The van der Waals surface area contributed by atoms with Gasteiger partial charge in [0.05, 0.1) is 5.69 Å². The molecule has 3 nitrogen and oxygen atoms in total. The molecule has 0 radical (unpaired) electrons. The van der Waals surface area contributed by atoms with Gasteiger partial charge >= 0.3 is 0 Å². The van der Waals surface area contributed by atoms with Crippen molar-refractivity contribution in [2.24, 2.45) is 7.05 Å². The fraction of sp³-hybridized carbons (Fsp3) is 0.250. The summed E-state index contributed by atoms with van der Waals surface area (Å²) in [5.74, 6) is -0.321. The Kier molecular flexibility index (Phi) is 4.67. The van der Waals surface area contributed by atoms with Gasteiger partial charge < -0.3 is 5.32 Å². The summed E-state index contributed by atoms with van der Waals surface area (Å²) in [6.45, 7) is 2.24. The lowest BCUT2D eigenvalue weighted by molar-refractivity contribution is 0.580. The molecule has 18 heavy (non-hydrogen) atoms. The van der Waals surface area contributed by atoms with Gasteiger partial charge in [-0.15, -0.1) is 12.4 Å². The Hall–Kier alpha value is -1.62. The average molecular weight is 274 g/mol. The van der Waals surface area contributed by atoms with E-state index in [4.69, 9.17) is 0 Å². The molecular weight excluding hydrogens is 260 g/mol. The lowest BCUT2D eigenvalue weighted by atomic mass is 10.2. The van der Waals surface area contributed by atoms with Gasteiger partial charge in [0, 0.05) is 25.7 Å². The molecule has 0 bridgehead atoms. The second-order valence-electron chi connectivity index (χ2n) is 3.93. The number of benzene rings is 1. The minimum atomic E-state index is -0.567. The number of anilines is 1. The summed E-state index contributed by atoms with van der Waals surface area (Å²) in [5.41, 5.74) is 1.45. The van der Waals surface area contributed by atoms with Crippen LogP contribution in [0.15, 0.2) is 24.3 Å². The monoisotopic (exact) mass is 273 g/mol. The quantitative estimate of drug-likeness (QED) is 0.932. The third-order valence-corrected chi connectivity index (χ3v) is 2.40. The highest BCUT2D eigenvalue weighted by Crippen LogP contribution is 2.12. The van der Waals surface area contributed by atoms with Crippen LogP contribution >= 0.6 is 12.4 Å². The van der Waals surface area contributed by atoms with Gasteiger partial charge in [0.15, 0.2) is 0 Å². The summed E-state index contributed by atoms with van der Waals surface area (Å²) in [7, 11) is 1.81. The Balaban J connectivity index is 0.00000162. The number of nitrogens with one attached hydrogen (secondary N) is 1. The van der Waals surface area contributed by atoms with Gasteiger partial charge in [-0.25, -0.2) is 8.78 Å². The van der Waals surface area contributed by atoms with E-state index in [1.54, 1.807) is 4.68 Å². The number of aryl methyl sites for hydroxylation is 2. The SMILES string of the molecule is Cc1cc(NCc2cc(F)cc(F)c2)n(C)n1.Cl. The smallest absolute Gasteiger partial charge is 0.126 e. The second-order valence-corrected chi connectivity index (χ2v) is 3.93. The van der Waals surface area contributed by atoms with E-state index in [0.717, 1.165) is 17.6 Å². The zero-order valence-electron chi connectivity index (χ0n) is 10.1. The Morgan fingerprint density at radius 1 is 1.17 bits per heavy atom. The molecule has 0 aliphatic heterocycles. The van der Waals surface area contributed by atoms with Crippen molar-refractivity contribution in [3.63, 3.8) is 0 Å². The Morgan fingerprint density at radius 2 is 1.78 bits per heavy atom. The van der Waals surface area contributed by atoms with Crippen LogP contribution in [0.4, 0.5) is 14.6 Å². The van der Waals surface area contributed by atoms with E-state index < -0.39 is 11.6 Å². The van der Waals surface area contributed by atoms with Gasteiger partial charge in [-0.1, -0.05) is 0 Å². The molecule has 0 amide bonds. The maximum Gasteiger partial charge on any atom is 0.126 e. The second kappa shape index (κ2) is 5.82. The highest BCUT2D eigenvalue weighted by atomic mass is 35.5. The van der Waals surface area contributed by atoms with Crippen molar-refractivity contribution in [3.05, 3.63) is 47.2 Å². The standard InChI is InChI=1S/C12H13F2N3.ClH/c1-8-3-12(17(2)16-8)15-7-9-4-10(13)6-11(14)5-9;/h3-6,15H,7H2,1-2H3;1H. The minimum Gasteiger partial charge on any atom is -0.366 e. The summed E-state index contributed by atoms with van der Waals surface area (Å²) in [6, 6.07) is 5.34. The molecule has 0 unspecified atom stereocenters. The van der Waals surface area contributed by atoms with Crippen LogP contribution in [0.1, 0.15) is 11.3 Å². The first kappa shape index (κ1) is 14.4. The normalized spacial score (nSPS) is 10.0. The summed E-state index contributed by atoms with van der Waals surface area (Å²) in [4.78, 5) is 0. The number of rotatable bonds is 3. The van der Waals surface area contributed by atoms with E-state index in [0.29, 0.717) is 12.1 Å². The summed E-state index contributed by atoms with van der Waals surface area (Å²) >= 11 is 0. The number of hydrogen-bond acceptors (Lipinski definition) is 2. The lowest BCUT2D eigenvalue weighted by Gasteiger charge is -2.06. The van der Waals surface area contributed by atoms with Crippen molar-refractivity contribution in [1.82, 2.24) is 9.78 Å². The predicted molar refractivity (Wildman–Crippen MR) is 68.9 cm³/mol. The summed E-state index contributed by atoms with van der Waals surface area (Å²) in [6.07, 6.45) is 0. The molecule has 0 saturated heterocycles. The van der Waals surface area contributed by atoms with Crippen molar-refractivity contribution in [1.29, 1.82) is 0 Å². The molecule has 0 fully saturated rings. The van der Waals surface area contributed by atoms with E-state index in [9.17, 15) is 8.78 Å². The zero-order chi connectivity index (χ0) is 12.4. The van der Waals surface area contributed by atoms with Gasteiger partial charge in [0.25, 0.3) is 0 Å². The zero-order valence-corrected chi connectivity index (χ0v) is 10.9. The highest BCUT2D eigenvalue weighted by Gasteiger charge is 2.03. The van der Waals surface area contributed by atoms with Gasteiger partial charge in [-0.05, 0) is 24.6 Å². The lowest BCUT2D eigenvalue weighted by Crippen LogP contribution is -2.05. The van der Waals surface area contributed by atoms with Crippen molar-refractivity contribution < 1.29 is 8.78 Å². The first-order valence-electron chi connectivity index (χ1n) is 5.24. The molecule has 6 heteroatoms. The fourth-order valence-corrected chi connectivity index (χ4v) is 1.68. The molecule has 0 saturated carbocycles. The van der Waals surface area contributed by atoms with E-state index >= 15 is 0 Å². The van der Waals surface area contributed by atoms with Gasteiger partial charge in [0.1, 0.15) is 17.5 Å². The van der Waals surface area contributed by atoms with Gasteiger partial charge in [-0.3, -0.25) is 4.68 Å². The van der Waals surface area contributed by atoms with Crippen LogP contribution in [0.2, 0.25) is 0 Å². The first-order valence-corrected chi connectivity index (χ1v) is 5.24. The van der Waals surface area contributed by atoms with Crippen molar-refractivity contribution >= 4 is 18.2 Å². The molecule has 1 N–H and O–H groups in total. The number of halogens is 3. The Morgan fingerprint density at radius 3 is 2.28 bits per heavy atom. The van der Waals surface area contributed by atoms with Crippen LogP contribution in [0.25, 0.3) is 0 Å². The van der Waals surface area contributed by atoms with Crippen molar-refractivity contribution in [2.45, 2.75) is 13.5 Å². The topological polar surface area (TPSA) is 29.9 Å². The molecule has 0 spiro atoms. The van der Waals surface area contributed by atoms with Crippen LogP contribution < -0.4 is 5.32 Å². The number of nitrogens with zero attached hydrogens (tertiary/aromatic N) is 2. The predicted octanol–water partition coefficient (Wildman–Crippen LogP) is 3.04. The van der Waals surface area contributed by atoms with Crippen LogP contribution in [-0.4, -0.2) is 9.78 Å². The largest absolute Gasteiger partial charge is 0.366 e. The third kappa shape index (κ3) is 3.43. The summed E-state index contributed by atoms with van der Waals surface area (Å²) < 4.78 is 27.6. The van der Waals surface area contributed by atoms with E-state index in [-0.39, 0.29) is 12.4 Å². The van der Waals surface area contributed by atoms with Gasteiger partial charge in [-0.2, -0.15) is 5.10 Å². The van der Waals surface area contributed by atoms with E-state index in [2.05, 4.69) is 10.4 Å². The summed E-state index contributed by atoms with van der Waals surface area (Å²) in [5, 5.41) is 7.24. The number of hydrogen-bond donors (Lipinski definition) is 1. The molecule has 1 aromatic carbocycles. The average Bonchev–Trinajstić information content (AvgIpc) is 2.53. The Bertz CT molecular complexity index is 520. The molecule has 2 aromatic rings. The molecule has 1 heterocycles. The fourth-order valence-electron chi connectivity index (χ4n) is 1.68. The molecule has 98 valence electrons. The molecule has 2 rings (SSSR count). The van der Waals surface area contributed by atoms with Crippen molar-refractivity contribution in [3.8, 4) is 0 Å². The first-order chi connectivity index (χ1) is 8.04. The highest BCUT2D eigenvalue weighted by molar-refractivity contribution is 5.85. The molecule has 0 atom stereocenters. The third-order valence-electron chi connectivity index (χ3n) is 2.40. The van der Waals surface area contributed by atoms with E-state index in [1.165, 1.54) is 12.1 Å². The van der Waals surface area contributed by atoms with Crippen molar-refractivity contribution in [2.75, 3.05) is 5.32 Å². The molecule has 0 aliphatic carbocycles. The van der Waals surface area contributed by atoms with Crippen LogP contribution in [-0.2, 0) is 13.6 Å².